The van der Waals surface area contributed by atoms with Gasteiger partial charge in [-0.05, 0) is 69.0 Å². The Morgan fingerprint density at radius 2 is 1.91 bits per heavy atom. The number of rotatable bonds is 5. The second kappa shape index (κ2) is 9.51. The number of aromatic nitrogens is 2. The van der Waals surface area contributed by atoms with Gasteiger partial charge in [0.15, 0.2) is 0 Å². The van der Waals surface area contributed by atoms with Gasteiger partial charge in [0.1, 0.15) is 11.6 Å². The Kier molecular flexibility index (Phi) is 6.31. The minimum atomic E-state index is -0.367. The highest BCUT2D eigenvalue weighted by Crippen LogP contribution is 2.32. The lowest BCUT2D eigenvalue weighted by molar-refractivity contribution is 0.141. The highest BCUT2D eigenvalue weighted by atomic mass is 16.5. The fraction of sp³-hybridized carbons (Fsp3) is 0.500. The molecule has 2 saturated heterocycles. The zero-order valence-corrected chi connectivity index (χ0v) is 19.5. The summed E-state index contributed by atoms with van der Waals surface area (Å²) in [5.41, 5.74) is 1.86. The predicted molar refractivity (Wildman–Crippen MR) is 130 cm³/mol. The van der Waals surface area contributed by atoms with Gasteiger partial charge in [-0.3, -0.25) is 0 Å². The monoisotopic (exact) mass is 448 g/mol. The molecule has 2 aliphatic rings. The number of hydrogen-bond acceptors (Lipinski definition) is 7. The molecule has 2 aromatic heterocycles. The van der Waals surface area contributed by atoms with E-state index in [2.05, 4.69) is 14.8 Å². The Balaban J connectivity index is 1.46. The molecule has 0 unspecified atom stereocenters. The molecule has 0 aliphatic carbocycles. The van der Waals surface area contributed by atoms with Gasteiger partial charge in [-0.1, -0.05) is 13.3 Å². The van der Waals surface area contributed by atoms with Gasteiger partial charge in [0.05, 0.1) is 23.6 Å². The number of ether oxygens (including phenoxy) is 1. The van der Waals surface area contributed by atoms with E-state index in [-0.39, 0.29) is 5.63 Å². The van der Waals surface area contributed by atoms with Gasteiger partial charge in [0.2, 0.25) is 5.89 Å². The van der Waals surface area contributed by atoms with E-state index in [1.54, 1.807) is 19.4 Å². The van der Waals surface area contributed by atoms with Gasteiger partial charge in [-0.15, -0.1) is 0 Å². The second-order valence-corrected chi connectivity index (χ2v) is 9.03. The summed E-state index contributed by atoms with van der Waals surface area (Å²) in [4.78, 5) is 27.4. The highest BCUT2D eigenvalue weighted by Gasteiger charge is 2.28. The minimum absolute atomic E-state index is 0.309. The third-order valence-corrected chi connectivity index (χ3v) is 7.09. The SMILES string of the molecule is CCc1cc(OC)cc2nc(-c3cccnc3N3CCC(N4CCCCC4)CC3)oc(=O)c12. The normalized spacial score (nSPS) is 18.1. The zero-order chi connectivity index (χ0) is 22.8. The van der Waals surface area contributed by atoms with E-state index in [9.17, 15) is 4.79 Å². The van der Waals surface area contributed by atoms with E-state index in [0.717, 1.165) is 42.9 Å². The molecule has 0 N–H and O–H groups in total. The lowest BCUT2D eigenvalue weighted by atomic mass is 9.99. The number of fused-ring (bicyclic) bond motifs is 1. The Morgan fingerprint density at radius 3 is 2.64 bits per heavy atom. The van der Waals surface area contributed by atoms with Crippen LogP contribution in [0, 0.1) is 0 Å². The number of pyridine rings is 1. The van der Waals surface area contributed by atoms with Crippen LogP contribution in [0.1, 0.15) is 44.6 Å². The third-order valence-electron chi connectivity index (χ3n) is 7.09. The van der Waals surface area contributed by atoms with Gasteiger partial charge >= 0.3 is 5.63 Å². The van der Waals surface area contributed by atoms with Crippen molar-refractivity contribution >= 4 is 16.7 Å². The summed E-state index contributed by atoms with van der Waals surface area (Å²) in [5.74, 6) is 1.84. The molecule has 5 rings (SSSR count). The van der Waals surface area contributed by atoms with Crippen LogP contribution in [-0.2, 0) is 6.42 Å². The van der Waals surface area contributed by atoms with E-state index in [1.807, 2.05) is 25.1 Å². The topological polar surface area (TPSA) is 71.7 Å². The summed E-state index contributed by atoms with van der Waals surface area (Å²) >= 11 is 0. The predicted octanol–water partition coefficient (Wildman–Crippen LogP) is 4.28. The van der Waals surface area contributed by atoms with Crippen LogP contribution in [0.15, 0.2) is 39.7 Å². The molecule has 0 bridgehead atoms. The van der Waals surface area contributed by atoms with Crippen LogP contribution in [0.25, 0.3) is 22.4 Å². The summed E-state index contributed by atoms with van der Waals surface area (Å²) < 4.78 is 11.2. The number of piperidine rings is 2. The van der Waals surface area contributed by atoms with E-state index in [1.165, 1.54) is 32.4 Å². The van der Waals surface area contributed by atoms with Crippen molar-refractivity contribution in [3.63, 3.8) is 0 Å². The molecule has 0 saturated carbocycles. The summed E-state index contributed by atoms with van der Waals surface area (Å²) in [7, 11) is 1.62. The smallest absolute Gasteiger partial charge is 0.347 e. The van der Waals surface area contributed by atoms with E-state index >= 15 is 0 Å². The largest absolute Gasteiger partial charge is 0.497 e. The molecule has 7 heteroatoms. The molecule has 3 aromatic rings. The summed E-state index contributed by atoms with van der Waals surface area (Å²) in [5, 5.41) is 0.523. The number of nitrogens with zero attached hydrogens (tertiary/aromatic N) is 4. The van der Waals surface area contributed by atoms with Crippen LogP contribution in [0.3, 0.4) is 0 Å². The Bertz CT molecular complexity index is 1180. The number of hydrogen-bond donors (Lipinski definition) is 0. The molecule has 2 fully saturated rings. The molecule has 174 valence electrons. The first-order valence-electron chi connectivity index (χ1n) is 12.1. The first-order chi connectivity index (χ1) is 16.2. The first-order valence-corrected chi connectivity index (χ1v) is 12.1. The first kappa shape index (κ1) is 21.9. The second-order valence-electron chi connectivity index (χ2n) is 9.03. The molecule has 4 heterocycles. The molecule has 2 aliphatic heterocycles. The Labute approximate surface area is 194 Å². The number of likely N-dealkylation sites (tertiary alicyclic amines) is 1. The molecular formula is C26H32N4O3. The number of aryl methyl sites for hydroxylation is 1. The molecule has 33 heavy (non-hydrogen) atoms. The molecule has 0 radical (unpaired) electrons. The average Bonchev–Trinajstić information content (AvgIpc) is 2.88. The highest BCUT2D eigenvalue weighted by molar-refractivity contribution is 5.84. The van der Waals surface area contributed by atoms with Gasteiger partial charge < -0.3 is 19.0 Å². The van der Waals surface area contributed by atoms with Crippen LogP contribution in [0.4, 0.5) is 5.82 Å². The average molecular weight is 449 g/mol. The quantitative estimate of drug-likeness (QED) is 0.577. The van der Waals surface area contributed by atoms with Crippen molar-refractivity contribution in [2.24, 2.45) is 0 Å². The maximum Gasteiger partial charge on any atom is 0.347 e. The molecule has 7 nitrogen and oxygen atoms in total. The van der Waals surface area contributed by atoms with E-state index < -0.39 is 0 Å². The fourth-order valence-electron chi connectivity index (χ4n) is 5.31. The molecule has 0 atom stereocenters. The maximum absolute atomic E-state index is 13.0. The Morgan fingerprint density at radius 1 is 1.12 bits per heavy atom. The lowest BCUT2D eigenvalue weighted by Crippen LogP contribution is -2.47. The Hall–Kier alpha value is -2.93. The van der Waals surface area contributed by atoms with Gasteiger partial charge in [0.25, 0.3) is 0 Å². The van der Waals surface area contributed by atoms with Crippen LogP contribution in [0.2, 0.25) is 0 Å². The van der Waals surface area contributed by atoms with Crippen molar-refractivity contribution in [3.05, 3.63) is 46.4 Å². The molecule has 1 aromatic carbocycles. The number of methoxy groups -OCH3 is 1. The van der Waals surface area contributed by atoms with Crippen molar-refractivity contribution in [1.82, 2.24) is 14.9 Å². The maximum atomic E-state index is 13.0. The standard InChI is InChI=1S/C26H32N4O3/c1-3-18-16-20(32-2)17-22-23(18)26(31)33-25(28-22)21-8-7-11-27-24(21)30-14-9-19(10-15-30)29-12-5-4-6-13-29/h7-8,11,16-17,19H,3-6,9-10,12-15H2,1-2H3. The van der Waals surface area contributed by atoms with Crippen molar-refractivity contribution in [2.75, 3.05) is 38.2 Å². The summed E-state index contributed by atoms with van der Waals surface area (Å²) in [6.45, 7) is 6.35. The van der Waals surface area contributed by atoms with Gasteiger partial charge in [0, 0.05) is 31.4 Å². The van der Waals surface area contributed by atoms with E-state index in [4.69, 9.17) is 14.1 Å². The third kappa shape index (κ3) is 4.34. The molecule has 0 amide bonds. The van der Waals surface area contributed by atoms with Crippen LogP contribution in [-0.4, -0.2) is 54.2 Å². The van der Waals surface area contributed by atoms with Gasteiger partial charge in [-0.25, -0.2) is 14.8 Å². The fourth-order valence-corrected chi connectivity index (χ4v) is 5.31. The van der Waals surface area contributed by atoms with Gasteiger partial charge in [-0.2, -0.15) is 0 Å². The summed E-state index contributed by atoms with van der Waals surface area (Å²) in [6, 6.07) is 8.15. The molecule has 0 spiro atoms. The molecular weight excluding hydrogens is 416 g/mol. The van der Waals surface area contributed by atoms with Crippen LogP contribution in [0.5, 0.6) is 5.75 Å². The van der Waals surface area contributed by atoms with Crippen LogP contribution < -0.4 is 15.3 Å². The van der Waals surface area contributed by atoms with Crippen molar-refractivity contribution in [1.29, 1.82) is 0 Å². The number of anilines is 1. The van der Waals surface area contributed by atoms with Crippen LogP contribution >= 0.6 is 0 Å². The number of benzene rings is 1. The lowest BCUT2D eigenvalue weighted by Gasteiger charge is -2.40. The van der Waals surface area contributed by atoms with E-state index in [0.29, 0.717) is 35.0 Å². The zero-order valence-electron chi connectivity index (χ0n) is 19.5. The summed E-state index contributed by atoms with van der Waals surface area (Å²) in [6.07, 6.45) is 8.76. The minimum Gasteiger partial charge on any atom is -0.497 e. The van der Waals surface area contributed by atoms with Crippen molar-refractivity contribution in [3.8, 4) is 17.2 Å². The van der Waals surface area contributed by atoms with Crippen molar-refractivity contribution < 1.29 is 9.15 Å². The van der Waals surface area contributed by atoms with Crippen molar-refractivity contribution in [2.45, 2.75) is 51.5 Å².